The molecule has 2 rings (SSSR count). The van der Waals surface area contributed by atoms with E-state index in [0.29, 0.717) is 12.4 Å². The molecule has 0 bridgehead atoms. The number of rotatable bonds is 5. The molecule has 0 aliphatic rings. The smallest absolute Gasteiger partial charge is 0.358 e. The van der Waals surface area contributed by atoms with Gasteiger partial charge in [-0.05, 0) is 17.7 Å². The lowest BCUT2D eigenvalue weighted by molar-refractivity contribution is 0.0592. The molecule has 108 valence electrons. The van der Waals surface area contributed by atoms with Crippen LogP contribution in [0.3, 0.4) is 0 Å². The Bertz CT molecular complexity index is 673. The maximum atomic E-state index is 11.3. The van der Waals surface area contributed by atoms with E-state index in [1.54, 1.807) is 18.2 Å². The molecule has 0 aliphatic heterocycles. The molecule has 0 fully saturated rings. The molecule has 0 spiro atoms. The van der Waals surface area contributed by atoms with Gasteiger partial charge in [-0.15, -0.1) is 0 Å². The van der Waals surface area contributed by atoms with Crippen LogP contribution in [0.4, 0.5) is 5.82 Å². The Morgan fingerprint density at radius 1 is 1.33 bits per heavy atom. The van der Waals surface area contributed by atoms with Crippen LogP contribution < -0.4 is 5.32 Å². The van der Waals surface area contributed by atoms with Crippen molar-refractivity contribution in [1.29, 1.82) is 0 Å². The van der Waals surface area contributed by atoms with E-state index in [2.05, 4.69) is 20.0 Å². The van der Waals surface area contributed by atoms with Gasteiger partial charge < -0.3 is 15.2 Å². The molecule has 7 heteroatoms. The number of hydrogen-bond acceptors (Lipinski definition) is 6. The molecule has 1 heterocycles. The van der Waals surface area contributed by atoms with Crippen molar-refractivity contribution < 1.29 is 19.4 Å². The molecule has 0 saturated heterocycles. The maximum Gasteiger partial charge on any atom is 0.358 e. The number of aromatic nitrogens is 2. The molecule has 0 atom stereocenters. The third-order valence-electron chi connectivity index (χ3n) is 2.68. The Kier molecular flexibility index (Phi) is 4.45. The molecule has 0 unspecified atom stereocenters. The minimum Gasteiger partial charge on any atom is -0.478 e. The molecule has 1 aromatic carbocycles. The van der Waals surface area contributed by atoms with E-state index in [1.807, 2.05) is 0 Å². The predicted octanol–water partition coefficient (Wildman–Crippen LogP) is 1.57. The van der Waals surface area contributed by atoms with E-state index in [0.717, 1.165) is 5.56 Å². The van der Waals surface area contributed by atoms with Gasteiger partial charge in [0.2, 0.25) is 0 Å². The second kappa shape index (κ2) is 6.47. The van der Waals surface area contributed by atoms with Gasteiger partial charge in [0.25, 0.3) is 0 Å². The van der Waals surface area contributed by atoms with Gasteiger partial charge in [0.15, 0.2) is 5.69 Å². The van der Waals surface area contributed by atoms with Gasteiger partial charge in [-0.1, -0.05) is 12.1 Å². The number of carboxylic acid groups (broad SMARTS) is 1. The summed E-state index contributed by atoms with van der Waals surface area (Å²) in [6.45, 7) is 0.362. The highest BCUT2D eigenvalue weighted by atomic mass is 16.5. The monoisotopic (exact) mass is 287 g/mol. The number of benzene rings is 1. The summed E-state index contributed by atoms with van der Waals surface area (Å²) in [6.07, 6.45) is 2.77. The van der Waals surface area contributed by atoms with Crippen LogP contribution >= 0.6 is 0 Å². The Morgan fingerprint density at radius 2 is 2.14 bits per heavy atom. The van der Waals surface area contributed by atoms with Crippen molar-refractivity contribution >= 4 is 17.8 Å². The molecule has 2 N–H and O–H groups in total. The molecule has 0 radical (unpaired) electrons. The van der Waals surface area contributed by atoms with E-state index < -0.39 is 11.9 Å². The van der Waals surface area contributed by atoms with Gasteiger partial charge in [0, 0.05) is 6.54 Å². The summed E-state index contributed by atoms with van der Waals surface area (Å²) in [5.74, 6) is -1.15. The Labute approximate surface area is 120 Å². The van der Waals surface area contributed by atoms with E-state index in [1.165, 1.54) is 25.6 Å². The van der Waals surface area contributed by atoms with Crippen LogP contribution in [0.5, 0.6) is 0 Å². The standard InChI is InChI=1S/C14H13N3O4/c1-21-14(20)11-7-15-8-12(17-11)16-6-9-3-2-4-10(5-9)13(18)19/h2-5,7-8H,6H2,1H3,(H,16,17)(H,18,19). The maximum absolute atomic E-state index is 11.3. The minimum absolute atomic E-state index is 0.0989. The number of anilines is 1. The van der Waals surface area contributed by atoms with Crippen LogP contribution in [0.15, 0.2) is 36.7 Å². The fraction of sp³-hybridized carbons (Fsp3) is 0.143. The number of carbonyl (C=O) groups excluding carboxylic acids is 1. The van der Waals surface area contributed by atoms with E-state index >= 15 is 0 Å². The van der Waals surface area contributed by atoms with E-state index in [4.69, 9.17) is 5.11 Å². The Balaban J connectivity index is 2.08. The first-order valence-corrected chi connectivity index (χ1v) is 6.06. The van der Waals surface area contributed by atoms with Crippen LogP contribution in [0, 0.1) is 0 Å². The van der Waals surface area contributed by atoms with E-state index in [9.17, 15) is 9.59 Å². The summed E-state index contributed by atoms with van der Waals surface area (Å²) in [4.78, 5) is 30.2. The number of carboxylic acids is 1. The zero-order valence-corrected chi connectivity index (χ0v) is 11.2. The van der Waals surface area contributed by atoms with Gasteiger partial charge in [-0.3, -0.25) is 4.98 Å². The van der Waals surface area contributed by atoms with Gasteiger partial charge in [0.1, 0.15) is 5.82 Å². The highest BCUT2D eigenvalue weighted by Gasteiger charge is 2.08. The number of hydrogen-bond donors (Lipinski definition) is 2. The zero-order valence-electron chi connectivity index (χ0n) is 11.2. The molecule has 2 aromatic rings. The number of nitrogens with zero attached hydrogens (tertiary/aromatic N) is 2. The van der Waals surface area contributed by atoms with Crippen molar-refractivity contribution in [2.45, 2.75) is 6.54 Å². The van der Waals surface area contributed by atoms with Crippen molar-refractivity contribution in [1.82, 2.24) is 9.97 Å². The van der Waals surface area contributed by atoms with Gasteiger partial charge >= 0.3 is 11.9 Å². The molecule has 1 aromatic heterocycles. The average Bonchev–Trinajstić information content (AvgIpc) is 2.52. The van der Waals surface area contributed by atoms with Crippen molar-refractivity contribution in [3.05, 3.63) is 53.5 Å². The molecule has 7 nitrogen and oxygen atoms in total. The predicted molar refractivity (Wildman–Crippen MR) is 74.1 cm³/mol. The van der Waals surface area contributed by atoms with Crippen molar-refractivity contribution in [3.63, 3.8) is 0 Å². The quantitative estimate of drug-likeness (QED) is 0.805. The number of carbonyl (C=O) groups is 2. The first-order valence-electron chi connectivity index (χ1n) is 6.06. The molecule has 0 saturated carbocycles. The Hall–Kier alpha value is -2.96. The van der Waals surface area contributed by atoms with Crippen molar-refractivity contribution in [3.8, 4) is 0 Å². The number of ether oxygens (including phenoxy) is 1. The lowest BCUT2D eigenvalue weighted by atomic mass is 10.1. The highest BCUT2D eigenvalue weighted by molar-refractivity contribution is 5.88. The number of methoxy groups -OCH3 is 1. The van der Waals surface area contributed by atoms with Gasteiger partial charge in [0.05, 0.1) is 25.1 Å². The summed E-state index contributed by atoms with van der Waals surface area (Å²) in [6, 6.07) is 6.53. The number of aromatic carboxylic acids is 1. The first kappa shape index (κ1) is 14.4. The van der Waals surface area contributed by atoms with Crippen LogP contribution in [0.25, 0.3) is 0 Å². The first-order chi connectivity index (χ1) is 10.1. The summed E-state index contributed by atoms with van der Waals surface area (Å²) in [5.41, 5.74) is 1.09. The topological polar surface area (TPSA) is 101 Å². The Morgan fingerprint density at radius 3 is 2.86 bits per heavy atom. The lowest BCUT2D eigenvalue weighted by Gasteiger charge is -2.07. The highest BCUT2D eigenvalue weighted by Crippen LogP contribution is 2.09. The third kappa shape index (κ3) is 3.75. The minimum atomic E-state index is -0.982. The van der Waals surface area contributed by atoms with Crippen molar-refractivity contribution in [2.75, 3.05) is 12.4 Å². The normalized spacial score (nSPS) is 9.95. The molecular weight excluding hydrogens is 274 g/mol. The summed E-state index contributed by atoms with van der Waals surface area (Å²) < 4.78 is 4.56. The number of nitrogens with one attached hydrogen (secondary N) is 1. The average molecular weight is 287 g/mol. The van der Waals surface area contributed by atoms with Crippen LogP contribution in [-0.4, -0.2) is 34.1 Å². The SMILES string of the molecule is COC(=O)c1cncc(NCc2cccc(C(=O)O)c2)n1. The summed E-state index contributed by atoms with van der Waals surface area (Å²) in [7, 11) is 1.27. The second-order valence-corrected chi connectivity index (χ2v) is 4.14. The summed E-state index contributed by atoms with van der Waals surface area (Å²) >= 11 is 0. The third-order valence-corrected chi connectivity index (χ3v) is 2.68. The van der Waals surface area contributed by atoms with Gasteiger partial charge in [-0.25, -0.2) is 14.6 Å². The second-order valence-electron chi connectivity index (χ2n) is 4.14. The number of esters is 1. The van der Waals surface area contributed by atoms with Crippen LogP contribution in [0.2, 0.25) is 0 Å². The van der Waals surface area contributed by atoms with Gasteiger partial charge in [-0.2, -0.15) is 0 Å². The summed E-state index contributed by atoms with van der Waals surface area (Å²) in [5, 5.41) is 11.9. The van der Waals surface area contributed by atoms with Crippen LogP contribution in [-0.2, 0) is 11.3 Å². The van der Waals surface area contributed by atoms with E-state index in [-0.39, 0.29) is 11.3 Å². The molecule has 21 heavy (non-hydrogen) atoms. The molecular formula is C14H13N3O4. The molecule has 0 amide bonds. The lowest BCUT2D eigenvalue weighted by Crippen LogP contribution is -2.09. The fourth-order valence-corrected chi connectivity index (χ4v) is 1.66. The largest absolute Gasteiger partial charge is 0.478 e. The van der Waals surface area contributed by atoms with Crippen LogP contribution in [0.1, 0.15) is 26.4 Å². The molecule has 0 aliphatic carbocycles. The van der Waals surface area contributed by atoms with Crippen molar-refractivity contribution in [2.24, 2.45) is 0 Å². The fourth-order valence-electron chi connectivity index (χ4n) is 1.66. The zero-order chi connectivity index (χ0) is 15.2.